The van der Waals surface area contributed by atoms with Gasteiger partial charge in [-0.25, -0.2) is 0 Å². The van der Waals surface area contributed by atoms with Gasteiger partial charge in [-0.05, 0) is 68.2 Å². The lowest BCUT2D eigenvalue weighted by atomic mass is 9.86. The molecule has 3 unspecified atom stereocenters. The molecule has 2 rings (SSSR count). The fourth-order valence-corrected chi connectivity index (χ4v) is 3.66. The number of benzene rings is 1. The first-order chi connectivity index (χ1) is 9.61. The summed E-state index contributed by atoms with van der Waals surface area (Å²) in [7, 11) is 0. The molecule has 3 atom stereocenters. The van der Waals surface area contributed by atoms with Crippen LogP contribution >= 0.6 is 0 Å². The van der Waals surface area contributed by atoms with Crippen molar-refractivity contribution in [2.24, 2.45) is 11.8 Å². The highest BCUT2D eigenvalue weighted by Crippen LogP contribution is 2.34. The van der Waals surface area contributed by atoms with Crippen LogP contribution in [0.5, 0.6) is 0 Å². The van der Waals surface area contributed by atoms with Crippen molar-refractivity contribution in [3.8, 4) is 0 Å². The minimum atomic E-state index is 0.662. The zero-order valence-corrected chi connectivity index (χ0v) is 13.7. The first-order valence-electron chi connectivity index (χ1n) is 8.41. The Balaban J connectivity index is 2.08. The molecular formula is C19H31N. The molecule has 0 radical (unpaired) electrons. The van der Waals surface area contributed by atoms with Crippen LogP contribution in [0.25, 0.3) is 0 Å². The second-order valence-corrected chi connectivity index (χ2v) is 6.76. The fourth-order valence-electron chi connectivity index (χ4n) is 3.66. The molecule has 1 aromatic rings. The Labute approximate surface area is 125 Å². The average molecular weight is 273 g/mol. The van der Waals surface area contributed by atoms with Gasteiger partial charge in [-0.3, -0.25) is 0 Å². The Hall–Kier alpha value is -0.820. The van der Waals surface area contributed by atoms with E-state index in [2.05, 4.69) is 51.2 Å². The standard InChI is InChI=1S/C19H31N/c1-5-11-20-19(18-8-6-7-15(18)3)13-17-10-9-14(2)16(4)12-17/h9-10,12,15,18-20H,5-8,11,13H2,1-4H3. The summed E-state index contributed by atoms with van der Waals surface area (Å²) in [5, 5.41) is 3.82. The SMILES string of the molecule is CCCNC(Cc1ccc(C)c(C)c1)C1CCCC1C. The van der Waals surface area contributed by atoms with E-state index in [9.17, 15) is 0 Å². The highest BCUT2D eigenvalue weighted by Gasteiger charge is 2.30. The molecule has 112 valence electrons. The summed E-state index contributed by atoms with van der Waals surface area (Å²) in [4.78, 5) is 0. The van der Waals surface area contributed by atoms with Crippen molar-refractivity contribution >= 4 is 0 Å². The number of nitrogens with one attached hydrogen (secondary N) is 1. The number of rotatable bonds is 6. The minimum Gasteiger partial charge on any atom is -0.313 e. The largest absolute Gasteiger partial charge is 0.313 e. The normalized spacial score (nSPS) is 24.0. The van der Waals surface area contributed by atoms with E-state index in [1.54, 1.807) is 0 Å². The summed E-state index contributed by atoms with van der Waals surface area (Å²) >= 11 is 0. The van der Waals surface area contributed by atoms with E-state index in [1.807, 2.05) is 0 Å². The maximum Gasteiger partial charge on any atom is 0.0138 e. The van der Waals surface area contributed by atoms with E-state index in [0.717, 1.165) is 18.4 Å². The molecule has 20 heavy (non-hydrogen) atoms. The first kappa shape index (κ1) is 15.6. The van der Waals surface area contributed by atoms with E-state index < -0.39 is 0 Å². The molecule has 0 bridgehead atoms. The van der Waals surface area contributed by atoms with Gasteiger partial charge >= 0.3 is 0 Å². The quantitative estimate of drug-likeness (QED) is 0.795. The van der Waals surface area contributed by atoms with Crippen molar-refractivity contribution in [2.75, 3.05) is 6.54 Å². The lowest BCUT2D eigenvalue weighted by molar-refractivity contribution is 0.295. The van der Waals surface area contributed by atoms with Gasteiger partial charge < -0.3 is 5.32 Å². The molecule has 1 aliphatic rings. The summed E-state index contributed by atoms with van der Waals surface area (Å²) in [6.45, 7) is 10.3. The monoisotopic (exact) mass is 273 g/mol. The first-order valence-corrected chi connectivity index (χ1v) is 8.41. The van der Waals surface area contributed by atoms with E-state index in [-0.39, 0.29) is 0 Å². The number of hydrogen-bond acceptors (Lipinski definition) is 1. The molecule has 0 saturated heterocycles. The van der Waals surface area contributed by atoms with Crippen LogP contribution in [0.15, 0.2) is 18.2 Å². The number of aryl methyl sites for hydroxylation is 2. The molecule has 0 spiro atoms. The third-order valence-electron chi connectivity index (χ3n) is 5.13. The molecule has 1 aliphatic carbocycles. The van der Waals surface area contributed by atoms with Crippen LogP contribution in [0.1, 0.15) is 56.2 Å². The van der Waals surface area contributed by atoms with Gasteiger partial charge in [0.15, 0.2) is 0 Å². The van der Waals surface area contributed by atoms with Crippen molar-refractivity contribution in [2.45, 2.75) is 65.8 Å². The van der Waals surface area contributed by atoms with Gasteiger partial charge in [-0.1, -0.05) is 44.9 Å². The molecule has 1 heteroatoms. The lowest BCUT2D eigenvalue weighted by Crippen LogP contribution is -2.39. The zero-order chi connectivity index (χ0) is 14.5. The van der Waals surface area contributed by atoms with Crippen LogP contribution in [-0.4, -0.2) is 12.6 Å². The topological polar surface area (TPSA) is 12.0 Å². The summed E-state index contributed by atoms with van der Waals surface area (Å²) < 4.78 is 0. The highest BCUT2D eigenvalue weighted by molar-refractivity contribution is 5.30. The van der Waals surface area contributed by atoms with Crippen LogP contribution in [0.4, 0.5) is 0 Å². The Morgan fingerprint density at radius 3 is 2.60 bits per heavy atom. The minimum absolute atomic E-state index is 0.662. The predicted octanol–water partition coefficient (Wildman–Crippen LogP) is 4.65. The number of hydrogen-bond donors (Lipinski definition) is 1. The highest BCUT2D eigenvalue weighted by atomic mass is 14.9. The van der Waals surface area contributed by atoms with Crippen LogP contribution < -0.4 is 5.32 Å². The van der Waals surface area contributed by atoms with Crippen molar-refractivity contribution in [3.05, 3.63) is 34.9 Å². The zero-order valence-electron chi connectivity index (χ0n) is 13.7. The van der Waals surface area contributed by atoms with Crippen LogP contribution in [0, 0.1) is 25.7 Å². The molecule has 0 aliphatic heterocycles. The van der Waals surface area contributed by atoms with Crippen LogP contribution in [0.2, 0.25) is 0 Å². The molecule has 0 aromatic heterocycles. The molecule has 1 saturated carbocycles. The van der Waals surface area contributed by atoms with Crippen molar-refractivity contribution < 1.29 is 0 Å². The van der Waals surface area contributed by atoms with Crippen molar-refractivity contribution in [1.29, 1.82) is 0 Å². The third kappa shape index (κ3) is 3.85. The lowest BCUT2D eigenvalue weighted by Gasteiger charge is -2.28. The van der Waals surface area contributed by atoms with Gasteiger partial charge in [-0.15, -0.1) is 0 Å². The van der Waals surface area contributed by atoms with Gasteiger partial charge in [0.1, 0.15) is 0 Å². The second kappa shape index (κ2) is 7.26. The van der Waals surface area contributed by atoms with Crippen molar-refractivity contribution in [3.63, 3.8) is 0 Å². The Morgan fingerprint density at radius 1 is 1.20 bits per heavy atom. The average Bonchev–Trinajstić information content (AvgIpc) is 2.85. The van der Waals surface area contributed by atoms with Gasteiger partial charge in [0.25, 0.3) is 0 Å². The van der Waals surface area contributed by atoms with Crippen molar-refractivity contribution in [1.82, 2.24) is 5.32 Å². The second-order valence-electron chi connectivity index (χ2n) is 6.76. The molecule has 1 aromatic carbocycles. The molecule has 1 N–H and O–H groups in total. The summed E-state index contributed by atoms with van der Waals surface area (Å²) in [5.74, 6) is 1.75. The Morgan fingerprint density at radius 2 is 2.00 bits per heavy atom. The fraction of sp³-hybridized carbons (Fsp3) is 0.684. The summed E-state index contributed by atoms with van der Waals surface area (Å²) in [6.07, 6.45) is 6.67. The Bertz CT molecular complexity index is 424. The third-order valence-corrected chi connectivity index (χ3v) is 5.13. The molecule has 0 amide bonds. The van der Waals surface area contributed by atoms with E-state index in [4.69, 9.17) is 0 Å². The summed E-state index contributed by atoms with van der Waals surface area (Å²) in [6, 6.07) is 7.65. The predicted molar refractivity (Wildman–Crippen MR) is 88.2 cm³/mol. The van der Waals surface area contributed by atoms with Crippen LogP contribution in [0.3, 0.4) is 0 Å². The van der Waals surface area contributed by atoms with E-state index >= 15 is 0 Å². The maximum absolute atomic E-state index is 3.82. The van der Waals surface area contributed by atoms with E-state index in [0.29, 0.717) is 6.04 Å². The van der Waals surface area contributed by atoms with Gasteiger partial charge in [0.05, 0.1) is 0 Å². The molecule has 1 nitrogen and oxygen atoms in total. The maximum atomic E-state index is 3.82. The van der Waals surface area contributed by atoms with Gasteiger partial charge in [0, 0.05) is 6.04 Å². The van der Waals surface area contributed by atoms with E-state index in [1.165, 1.54) is 48.8 Å². The smallest absolute Gasteiger partial charge is 0.0138 e. The molecule has 0 heterocycles. The molecular weight excluding hydrogens is 242 g/mol. The van der Waals surface area contributed by atoms with Gasteiger partial charge in [0.2, 0.25) is 0 Å². The Kier molecular flexibility index (Phi) is 5.65. The van der Waals surface area contributed by atoms with Gasteiger partial charge in [-0.2, -0.15) is 0 Å². The molecule has 1 fully saturated rings. The summed E-state index contributed by atoms with van der Waals surface area (Å²) in [5.41, 5.74) is 4.33. The van der Waals surface area contributed by atoms with Crippen LogP contribution in [-0.2, 0) is 6.42 Å².